The molecule has 6 nitrogen and oxygen atoms in total. The van der Waals surface area contributed by atoms with Crippen LogP contribution in [0.3, 0.4) is 0 Å². The molecular formula is C20H32ClN3O3S. The lowest BCUT2D eigenvalue weighted by Gasteiger charge is -2.34. The summed E-state index contributed by atoms with van der Waals surface area (Å²) >= 11 is 0. The van der Waals surface area contributed by atoms with Crippen LogP contribution in [-0.4, -0.2) is 56.3 Å². The summed E-state index contributed by atoms with van der Waals surface area (Å²) in [6, 6.07) is 6.38. The number of nitrogens with zero attached hydrogens (tertiary/aromatic N) is 2. The van der Waals surface area contributed by atoms with Crippen LogP contribution in [-0.2, 0) is 10.0 Å². The highest BCUT2D eigenvalue weighted by atomic mass is 35.5. The van der Waals surface area contributed by atoms with Gasteiger partial charge in [-0.25, -0.2) is 8.42 Å². The normalized spacial score (nSPS) is 28.8. The van der Waals surface area contributed by atoms with E-state index in [1.54, 1.807) is 28.6 Å². The van der Waals surface area contributed by atoms with Crippen molar-refractivity contribution >= 4 is 28.3 Å². The number of carbonyl (C=O) groups excluding carboxylic acids is 1. The van der Waals surface area contributed by atoms with E-state index in [9.17, 15) is 13.2 Å². The molecule has 2 fully saturated rings. The number of halogens is 1. The van der Waals surface area contributed by atoms with Crippen LogP contribution in [0.2, 0.25) is 0 Å². The van der Waals surface area contributed by atoms with Crippen LogP contribution in [0.1, 0.15) is 44.0 Å². The quantitative estimate of drug-likeness (QED) is 0.797. The second-order valence-corrected chi connectivity index (χ2v) is 10.7. The van der Waals surface area contributed by atoms with Gasteiger partial charge in [0.15, 0.2) is 0 Å². The molecule has 2 aliphatic heterocycles. The SMILES string of the molecule is CC1CC(C)CN(S(=O)(=O)c2ccc(C(=O)N3CCC(C)(CN)C3)cc2)C1.Cl. The van der Waals surface area contributed by atoms with E-state index in [4.69, 9.17) is 5.73 Å². The minimum Gasteiger partial charge on any atom is -0.338 e. The molecule has 8 heteroatoms. The van der Waals surface area contributed by atoms with Gasteiger partial charge in [-0.1, -0.05) is 20.8 Å². The third-order valence-corrected chi connectivity index (χ3v) is 7.76. The van der Waals surface area contributed by atoms with Gasteiger partial charge in [0.25, 0.3) is 5.91 Å². The number of hydrogen-bond donors (Lipinski definition) is 1. The fraction of sp³-hybridized carbons (Fsp3) is 0.650. The number of rotatable bonds is 4. The van der Waals surface area contributed by atoms with Crippen molar-refractivity contribution in [2.24, 2.45) is 23.0 Å². The molecule has 1 aromatic carbocycles. The molecule has 158 valence electrons. The van der Waals surface area contributed by atoms with Crippen LogP contribution in [0.25, 0.3) is 0 Å². The maximum atomic E-state index is 13.0. The van der Waals surface area contributed by atoms with E-state index in [1.165, 1.54) is 0 Å². The number of amides is 1. The Hall–Kier alpha value is -1.15. The zero-order chi connectivity index (χ0) is 19.8. The summed E-state index contributed by atoms with van der Waals surface area (Å²) < 4.78 is 27.5. The number of carbonyl (C=O) groups is 1. The van der Waals surface area contributed by atoms with Crippen LogP contribution in [0.5, 0.6) is 0 Å². The standard InChI is InChI=1S/C20H31N3O3S.ClH/c1-15-10-16(2)12-23(11-15)27(25,26)18-6-4-17(5-7-18)19(24)22-9-8-20(3,13-21)14-22;/h4-7,15-16H,8-14,21H2,1-3H3;1H. The number of nitrogens with two attached hydrogens (primary N) is 1. The van der Waals surface area contributed by atoms with Gasteiger partial charge in [0.2, 0.25) is 10.0 Å². The van der Waals surface area contributed by atoms with E-state index in [0.29, 0.717) is 50.1 Å². The van der Waals surface area contributed by atoms with E-state index in [0.717, 1.165) is 12.8 Å². The number of likely N-dealkylation sites (tertiary alicyclic amines) is 1. The molecule has 2 saturated heterocycles. The summed E-state index contributed by atoms with van der Waals surface area (Å²) in [5.74, 6) is 0.657. The first-order valence-corrected chi connectivity index (χ1v) is 11.2. The van der Waals surface area contributed by atoms with Crippen molar-refractivity contribution in [3.63, 3.8) is 0 Å². The van der Waals surface area contributed by atoms with Gasteiger partial charge in [0.1, 0.15) is 0 Å². The molecule has 3 rings (SSSR count). The van der Waals surface area contributed by atoms with Crippen molar-refractivity contribution in [2.45, 2.75) is 38.5 Å². The van der Waals surface area contributed by atoms with E-state index < -0.39 is 10.0 Å². The Morgan fingerprint density at radius 2 is 1.75 bits per heavy atom. The van der Waals surface area contributed by atoms with Gasteiger partial charge in [-0.15, -0.1) is 12.4 Å². The highest BCUT2D eigenvalue weighted by Crippen LogP contribution is 2.30. The van der Waals surface area contributed by atoms with Crippen LogP contribution in [0.15, 0.2) is 29.2 Å². The molecule has 2 heterocycles. The van der Waals surface area contributed by atoms with Crippen molar-refractivity contribution in [1.29, 1.82) is 0 Å². The van der Waals surface area contributed by atoms with Gasteiger partial charge in [0, 0.05) is 31.7 Å². The molecule has 3 unspecified atom stereocenters. The van der Waals surface area contributed by atoms with Crippen LogP contribution in [0.4, 0.5) is 0 Å². The fourth-order valence-electron chi connectivity index (χ4n) is 4.27. The van der Waals surface area contributed by atoms with Gasteiger partial charge in [-0.3, -0.25) is 4.79 Å². The maximum absolute atomic E-state index is 13.0. The van der Waals surface area contributed by atoms with Gasteiger partial charge < -0.3 is 10.6 Å². The number of hydrogen-bond acceptors (Lipinski definition) is 4. The summed E-state index contributed by atoms with van der Waals surface area (Å²) in [7, 11) is -3.52. The predicted octanol–water partition coefficient (Wildman–Crippen LogP) is 2.59. The Labute approximate surface area is 174 Å². The molecule has 28 heavy (non-hydrogen) atoms. The van der Waals surface area contributed by atoms with Gasteiger partial charge in [-0.05, 0) is 60.9 Å². The molecule has 0 spiro atoms. The Morgan fingerprint density at radius 3 is 2.25 bits per heavy atom. The van der Waals surface area contributed by atoms with Crippen molar-refractivity contribution in [3.8, 4) is 0 Å². The zero-order valence-electron chi connectivity index (χ0n) is 16.9. The van der Waals surface area contributed by atoms with Crippen molar-refractivity contribution < 1.29 is 13.2 Å². The maximum Gasteiger partial charge on any atom is 0.253 e. The molecular weight excluding hydrogens is 398 g/mol. The molecule has 1 aromatic rings. The largest absolute Gasteiger partial charge is 0.338 e. The summed E-state index contributed by atoms with van der Waals surface area (Å²) in [5, 5.41) is 0. The Bertz CT molecular complexity index is 789. The first-order chi connectivity index (χ1) is 12.6. The first kappa shape index (κ1) is 23.1. The smallest absolute Gasteiger partial charge is 0.253 e. The van der Waals surface area contributed by atoms with E-state index >= 15 is 0 Å². The van der Waals surface area contributed by atoms with Gasteiger partial charge in [0.05, 0.1) is 4.90 Å². The number of benzene rings is 1. The third kappa shape index (κ3) is 4.70. The number of sulfonamides is 1. The Kier molecular flexibility index (Phi) is 7.18. The summed E-state index contributed by atoms with van der Waals surface area (Å²) in [6.07, 6.45) is 1.95. The predicted molar refractivity (Wildman–Crippen MR) is 113 cm³/mol. The average molecular weight is 430 g/mol. The van der Waals surface area contributed by atoms with Gasteiger partial charge >= 0.3 is 0 Å². The first-order valence-electron chi connectivity index (χ1n) is 9.74. The van der Waals surface area contributed by atoms with Crippen molar-refractivity contribution in [3.05, 3.63) is 29.8 Å². The minimum absolute atomic E-state index is 0. The fourth-order valence-corrected chi connectivity index (χ4v) is 5.95. The molecule has 0 aromatic heterocycles. The second-order valence-electron chi connectivity index (χ2n) is 8.78. The average Bonchev–Trinajstić information content (AvgIpc) is 3.03. The topological polar surface area (TPSA) is 83.7 Å². The molecule has 0 radical (unpaired) electrons. The second kappa shape index (κ2) is 8.69. The summed E-state index contributed by atoms with van der Waals surface area (Å²) in [4.78, 5) is 14.8. The Balaban J connectivity index is 0.00000280. The lowest BCUT2D eigenvalue weighted by Crippen LogP contribution is -2.42. The highest BCUT2D eigenvalue weighted by molar-refractivity contribution is 7.89. The molecule has 2 aliphatic rings. The summed E-state index contributed by atoms with van der Waals surface area (Å²) in [6.45, 7) is 9.27. The minimum atomic E-state index is -3.52. The molecule has 1 amide bonds. The molecule has 2 N–H and O–H groups in total. The lowest BCUT2D eigenvalue weighted by atomic mass is 9.90. The molecule has 0 bridgehead atoms. The molecule has 3 atom stereocenters. The van der Waals surface area contributed by atoms with Crippen LogP contribution >= 0.6 is 12.4 Å². The highest BCUT2D eigenvalue weighted by Gasteiger charge is 2.35. The van der Waals surface area contributed by atoms with E-state index in [1.807, 2.05) is 4.90 Å². The van der Waals surface area contributed by atoms with Crippen molar-refractivity contribution in [1.82, 2.24) is 9.21 Å². The third-order valence-electron chi connectivity index (χ3n) is 5.91. The van der Waals surface area contributed by atoms with Crippen LogP contribution < -0.4 is 5.73 Å². The monoisotopic (exact) mass is 429 g/mol. The van der Waals surface area contributed by atoms with Gasteiger partial charge in [-0.2, -0.15) is 4.31 Å². The van der Waals surface area contributed by atoms with Crippen molar-refractivity contribution in [2.75, 3.05) is 32.7 Å². The lowest BCUT2D eigenvalue weighted by molar-refractivity contribution is 0.0777. The Morgan fingerprint density at radius 1 is 1.18 bits per heavy atom. The number of piperidine rings is 1. The van der Waals surface area contributed by atoms with E-state index in [-0.39, 0.29) is 28.6 Å². The molecule has 0 saturated carbocycles. The van der Waals surface area contributed by atoms with Crippen LogP contribution in [0, 0.1) is 17.3 Å². The molecule has 0 aliphatic carbocycles. The van der Waals surface area contributed by atoms with E-state index in [2.05, 4.69) is 20.8 Å². The zero-order valence-corrected chi connectivity index (χ0v) is 18.6. The summed E-state index contributed by atoms with van der Waals surface area (Å²) in [5.41, 5.74) is 6.31.